The van der Waals surface area contributed by atoms with E-state index in [1.54, 1.807) is 0 Å². The Balaban J connectivity index is 1.72. The number of hydrogen-bond acceptors (Lipinski definition) is 4. The summed E-state index contributed by atoms with van der Waals surface area (Å²) in [6, 6.07) is 0. The molecular formula is C17H24N4O2. The summed E-state index contributed by atoms with van der Waals surface area (Å²) in [5.74, 6) is 1.15. The van der Waals surface area contributed by atoms with Crippen molar-refractivity contribution < 1.29 is 9.32 Å². The Morgan fingerprint density at radius 2 is 2.30 bits per heavy atom. The van der Waals surface area contributed by atoms with Crippen LogP contribution in [0.4, 0.5) is 0 Å². The third kappa shape index (κ3) is 3.16. The Hall–Kier alpha value is -2.11. The molecule has 1 N–H and O–H groups in total. The maximum atomic E-state index is 12.9. The van der Waals surface area contributed by atoms with Gasteiger partial charge in [-0.1, -0.05) is 12.1 Å². The molecule has 0 bridgehead atoms. The Morgan fingerprint density at radius 1 is 1.48 bits per heavy atom. The fourth-order valence-corrected chi connectivity index (χ4v) is 3.38. The number of rotatable bonds is 4. The van der Waals surface area contributed by atoms with Crippen LogP contribution in [0.1, 0.15) is 52.8 Å². The van der Waals surface area contributed by atoms with E-state index in [2.05, 4.69) is 22.3 Å². The number of H-pyrrole nitrogens is 1. The molecule has 1 atom stereocenters. The van der Waals surface area contributed by atoms with E-state index >= 15 is 0 Å². The number of amides is 1. The van der Waals surface area contributed by atoms with Crippen molar-refractivity contribution in [1.82, 2.24) is 20.3 Å². The van der Waals surface area contributed by atoms with Gasteiger partial charge < -0.3 is 9.42 Å². The SMILES string of the molecule is CCc1noc(C)c1C(=O)N1CCC[C@H](Cc2[nH]ncc2C)C1. The summed E-state index contributed by atoms with van der Waals surface area (Å²) in [7, 11) is 0. The van der Waals surface area contributed by atoms with E-state index in [0.29, 0.717) is 23.7 Å². The average molecular weight is 316 g/mol. The molecule has 0 unspecified atom stereocenters. The number of nitrogens with one attached hydrogen (secondary N) is 1. The lowest BCUT2D eigenvalue weighted by Crippen LogP contribution is -2.41. The highest BCUT2D eigenvalue weighted by molar-refractivity contribution is 5.96. The largest absolute Gasteiger partial charge is 0.361 e. The van der Waals surface area contributed by atoms with Crippen LogP contribution in [0.25, 0.3) is 0 Å². The van der Waals surface area contributed by atoms with Crippen molar-refractivity contribution >= 4 is 5.91 Å². The fourth-order valence-electron chi connectivity index (χ4n) is 3.38. The molecule has 3 heterocycles. The lowest BCUT2D eigenvalue weighted by Gasteiger charge is -2.32. The van der Waals surface area contributed by atoms with Gasteiger partial charge in [-0.05, 0) is 51.0 Å². The first-order valence-electron chi connectivity index (χ1n) is 8.33. The van der Waals surface area contributed by atoms with Crippen LogP contribution in [-0.2, 0) is 12.8 Å². The zero-order valence-electron chi connectivity index (χ0n) is 14.1. The number of aryl methyl sites for hydroxylation is 3. The topological polar surface area (TPSA) is 75.0 Å². The van der Waals surface area contributed by atoms with Gasteiger partial charge in [0, 0.05) is 18.8 Å². The van der Waals surface area contributed by atoms with E-state index in [-0.39, 0.29) is 5.91 Å². The first kappa shape index (κ1) is 15.8. The van der Waals surface area contributed by atoms with Gasteiger partial charge in [-0.2, -0.15) is 5.10 Å². The zero-order chi connectivity index (χ0) is 16.4. The van der Waals surface area contributed by atoms with Crippen molar-refractivity contribution in [3.8, 4) is 0 Å². The maximum Gasteiger partial charge on any atom is 0.259 e. The molecule has 1 aliphatic rings. The molecule has 6 heteroatoms. The van der Waals surface area contributed by atoms with Gasteiger partial charge in [0.1, 0.15) is 11.3 Å². The first-order valence-corrected chi connectivity index (χ1v) is 8.33. The van der Waals surface area contributed by atoms with Crippen molar-refractivity contribution in [3.63, 3.8) is 0 Å². The second kappa shape index (κ2) is 6.56. The van der Waals surface area contributed by atoms with E-state index < -0.39 is 0 Å². The van der Waals surface area contributed by atoms with Crippen LogP contribution >= 0.6 is 0 Å². The quantitative estimate of drug-likeness (QED) is 0.941. The van der Waals surface area contributed by atoms with Gasteiger partial charge in [0.2, 0.25) is 0 Å². The highest BCUT2D eigenvalue weighted by Crippen LogP contribution is 2.24. The summed E-state index contributed by atoms with van der Waals surface area (Å²) in [4.78, 5) is 14.8. The molecule has 0 spiro atoms. The molecule has 0 saturated carbocycles. The Kier molecular flexibility index (Phi) is 4.50. The summed E-state index contributed by atoms with van der Waals surface area (Å²) >= 11 is 0. The highest BCUT2D eigenvalue weighted by Gasteiger charge is 2.29. The molecule has 1 saturated heterocycles. The molecule has 1 amide bonds. The number of aromatic amines is 1. The van der Waals surface area contributed by atoms with Crippen LogP contribution in [0.5, 0.6) is 0 Å². The number of piperidine rings is 1. The zero-order valence-corrected chi connectivity index (χ0v) is 14.1. The van der Waals surface area contributed by atoms with Gasteiger partial charge in [-0.3, -0.25) is 9.89 Å². The third-order valence-corrected chi connectivity index (χ3v) is 4.71. The molecule has 23 heavy (non-hydrogen) atoms. The molecule has 2 aromatic rings. The van der Waals surface area contributed by atoms with Crippen molar-refractivity contribution in [2.75, 3.05) is 13.1 Å². The number of carbonyl (C=O) groups is 1. The first-order chi connectivity index (χ1) is 11.1. The summed E-state index contributed by atoms with van der Waals surface area (Å²) in [6.45, 7) is 7.47. The predicted molar refractivity (Wildman–Crippen MR) is 86.3 cm³/mol. The van der Waals surface area contributed by atoms with Crippen LogP contribution in [-0.4, -0.2) is 39.3 Å². The number of carbonyl (C=O) groups excluding carboxylic acids is 1. The van der Waals surface area contributed by atoms with Crippen LogP contribution in [0.15, 0.2) is 10.7 Å². The molecule has 0 radical (unpaired) electrons. The van der Waals surface area contributed by atoms with Crippen molar-refractivity contribution in [2.24, 2.45) is 5.92 Å². The fraction of sp³-hybridized carbons (Fsp3) is 0.588. The van der Waals surface area contributed by atoms with Gasteiger partial charge in [0.25, 0.3) is 5.91 Å². The van der Waals surface area contributed by atoms with Crippen LogP contribution in [0.2, 0.25) is 0 Å². The second-order valence-electron chi connectivity index (χ2n) is 6.41. The molecule has 1 fully saturated rings. The molecule has 6 nitrogen and oxygen atoms in total. The number of nitrogens with zero attached hydrogens (tertiary/aromatic N) is 3. The van der Waals surface area contributed by atoms with Crippen molar-refractivity contribution in [2.45, 2.75) is 46.5 Å². The Morgan fingerprint density at radius 3 is 3.00 bits per heavy atom. The van der Waals surface area contributed by atoms with E-state index in [9.17, 15) is 4.79 Å². The van der Waals surface area contributed by atoms with E-state index in [0.717, 1.165) is 38.0 Å². The number of aromatic nitrogens is 3. The number of hydrogen-bond donors (Lipinski definition) is 1. The second-order valence-corrected chi connectivity index (χ2v) is 6.41. The molecule has 2 aromatic heterocycles. The lowest BCUT2D eigenvalue weighted by molar-refractivity contribution is 0.0670. The normalized spacial score (nSPS) is 18.4. The number of likely N-dealkylation sites (tertiary alicyclic amines) is 1. The molecular weight excluding hydrogens is 292 g/mol. The van der Waals surface area contributed by atoms with E-state index in [1.807, 2.05) is 24.9 Å². The van der Waals surface area contributed by atoms with Crippen LogP contribution in [0.3, 0.4) is 0 Å². The minimum atomic E-state index is 0.0617. The standard InChI is InChI=1S/C17H24N4O2/c1-4-14-16(12(3)23-20-14)17(22)21-7-5-6-13(10-21)8-15-11(2)9-18-19-15/h9,13H,4-8,10H2,1-3H3,(H,18,19)/t13-/m1/s1. The van der Waals surface area contributed by atoms with Crippen LogP contribution in [0, 0.1) is 19.8 Å². The summed E-state index contributed by atoms with van der Waals surface area (Å²) in [5, 5.41) is 11.2. The van der Waals surface area contributed by atoms with Gasteiger partial charge >= 0.3 is 0 Å². The summed E-state index contributed by atoms with van der Waals surface area (Å²) in [5.41, 5.74) is 3.79. The van der Waals surface area contributed by atoms with E-state index in [4.69, 9.17) is 4.52 Å². The third-order valence-electron chi connectivity index (χ3n) is 4.71. The van der Waals surface area contributed by atoms with Gasteiger partial charge in [-0.25, -0.2) is 0 Å². The maximum absolute atomic E-state index is 12.9. The molecule has 1 aliphatic heterocycles. The lowest BCUT2D eigenvalue weighted by atomic mass is 9.92. The summed E-state index contributed by atoms with van der Waals surface area (Å²) in [6.07, 6.45) is 5.69. The Bertz CT molecular complexity index is 689. The molecule has 3 rings (SSSR count). The monoisotopic (exact) mass is 316 g/mol. The molecule has 0 aliphatic carbocycles. The van der Waals surface area contributed by atoms with Crippen molar-refractivity contribution in [1.29, 1.82) is 0 Å². The van der Waals surface area contributed by atoms with Crippen molar-refractivity contribution in [3.05, 3.63) is 34.5 Å². The van der Waals surface area contributed by atoms with Crippen LogP contribution < -0.4 is 0 Å². The summed E-state index contributed by atoms with van der Waals surface area (Å²) < 4.78 is 5.22. The highest BCUT2D eigenvalue weighted by atomic mass is 16.5. The minimum Gasteiger partial charge on any atom is -0.361 e. The average Bonchev–Trinajstić information content (AvgIpc) is 3.13. The van der Waals surface area contributed by atoms with E-state index in [1.165, 1.54) is 11.3 Å². The van der Waals surface area contributed by atoms with Gasteiger partial charge in [0.15, 0.2) is 0 Å². The minimum absolute atomic E-state index is 0.0617. The van der Waals surface area contributed by atoms with Gasteiger partial charge in [0.05, 0.1) is 11.9 Å². The molecule has 0 aromatic carbocycles. The predicted octanol–water partition coefficient (Wildman–Crippen LogP) is 2.67. The molecule has 124 valence electrons. The van der Waals surface area contributed by atoms with Gasteiger partial charge in [-0.15, -0.1) is 0 Å². The Labute approximate surface area is 136 Å². The smallest absolute Gasteiger partial charge is 0.259 e.